The van der Waals surface area contributed by atoms with Crippen molar-refractivity contribution < 1.29 is 23.9 Å². The monoisotopic (exact) mass is 463 g/mol. The highest BCUT2D eigenvalue weighted by Gasteiger charge is 2.33. The van der Waals surface area contributed by atoms with Crippen LogP contribution in [-0.2, 0) is 9.53 Å². The summed E-state index contributed by atoms with van der Waals surface area (Å²) in [5.74, 6) is -0.205. The van der Waals surface area contributed by atoms with Gasteiger partial charge in [-0.2, -0.15) is 0 Å². The van der Waals surface area contributed by atoms with E-state index in [1.807, 2.05) is 6.92 Å². The van der Waals surface area contributed by atoms with Gasteiger partial charge >= 0.3 is 18.0 Å². The summed E-state index contributed by atoms with van der Waals surface area (Å²) in [4.78, 5) is 41.6. The second kappa shape index (κ2) is 11.0. The number of pyridine rings is 1. The largest absolute Gasteiger partial charge is 0.462 e. The first-order valence-corrected chi connectivity index (χ1v) is 11.7. The molecular weight excluding hydrogens is 434 g/mol. The molecule has 2 heterocycles. The normalized spacial score (nSPS) is 18.6. The molecule has 178 valence electrons. The maximum absolute atomic E-state index is 13.1. The minimum atomic E-state index is -0.661. The van der Waals surface area contributed by atoms with E-state index in [1.54, 1.807) is 42.6 Å². The zero-order valence-corrected chi connectivity index (χ0v) is 19.2. The van der Waals surface area contributed by atoms with Crippen LogP contribution in [0, 0.1) is 5.92 Å². The lowest BCUT2D eigenvalue weighted by Gasteiger charge is -2.30. The number of esters is 2. The number of urea groups is 1. The Hall–Kier alpha value is -3.68. The van der Waals surface area contributed by atoms with E-state index in [4.69, 9.17) is 9.47 Å². The van der Waals surface area contributed by atoms with Crippen LogP contribution in [0.3, 0.4) is 0 Å². The van der Waals surface area contributed by atoms with Gasteiger partial charge in [0.15, 0.2) is 0 Å². The van der Waals surface area contributed by atoms with Crippen LogP contribution in [-0.4, -0.2) is 29.6 Å². The van der Waals surface area contributed by atoms with Crippen molar-refractivity contribution in [2.24, 2.45) is 5.92 Å². The topological polar surface area (TPSA) is 107 Å². The number of carbonyl (C=O) groups is 3. The molecule has 2 N–H and O–H groups in total. The number of carbonyl (C=O) groups excluding carboxylic acids is 3. The Kier molecular flexibility index (Phi) is 7.57. The van der Waals surface area contributed by atoms with Gasteiger partial charge in [-0.15, -0.1) is 0 Å². The summed E-state index contributed by atoms with van der Waals surface area (Å²) in [5, 5.41) is 5.57. The molecule has 0 unspecified atom stereocenters. The Balaban J connectivity index is 1.50. The number of ether oxygens (including phenoxy) is 2. The number of allylic oxidation sites excluding steroid dienone is 1. The number of rotatable bonds is 7. The van der Waals surface area contributed by atoms with Crippen molar-refractivity contribution in [1.82, 2.24) is 15.6 Å². The molecule has 1 aromatic carbocycles. The quantitative estimate of drug-likeness (QED) is 0.464. The van der Waals surface area contributed by atoms with E-state index in [2.05, 4.69) is 15.6 Å². The van der Waals surface area contributed by atoms with Crippen LogP contribution in [0.2, 0.25) is 0 Å². The van der Waals surface area contributed by atoms with Crippen molar-refractivity contribution in [1.29, 1.82) is 0 Å². The predicted molar refractivity (Wildman–Crippen MR) is 125 cm³/mol. The Labute approximate surface area is 198 Å². The average molecular weight is 464 g/mol. The molecule has 8 nitrogen and oxygen atoms in total. The van der Waals surface area contributed by atoms with Gasteiger partial charge in [0.25, 0.3) is 0 Å². The first-order chi connectivity index (χ1) is 16.5. The standard InChI is InChI=1S/C26H29N3O5/c1-2-21-22(25(31)33-16-17-7-4-3-5-8-17)23(29-26(32)28-21)18-10-12-20(13-11-18)34-24(30)19-9-6-14-27-15-19/h6,9-15,17,23H,2-5,7-8,16H2,1H3,(H2,28,29,32)/t23-/m0/s1. The van der Waals surface area contributed by atoms with Crippen LogP contribution >= 0.6 is 0 Å². The summed E-state index contributed by atoms with van der Waals surface area (Å²) >= 11 is 0. The summed E-state index contributed by atoms with van der Waals surface area (Å²) in [5.41, 5.74) is 1.98. The number of nitrogens with one attached hydrogen (secondary N) is 2. The molecule has 1 atom stereocenters. The second-order valence-electron chi connectivity index (χ2n) is 8.58. The average Bonchev–Trinajstić information content (AvgIpc) is 2.88. The van der Waals surface area contributed by atoms with Gasteiger partial charge in [0, 0.05) is 18.1 Å². The Morgan fingerprint density at radius 3 is 2.50 bits per heavy atom. The molecule has 0 radical (unpaired) electrons. The molecule has 0 saturated heterocycles. The second-order valence-corrected chi connectivity index (χ2v) is 8.58. The van der Waals surface area contributed by atoms with Crippen LogP contribution in [0.15, 0.2) is 60.1 Å². The van der Waals surface area contributed by atoms with Gasteiger partial charge in [0.1, 0.15) is 5.75 Å². The number of hydrogen-bond donors (Lipinski definition) is 2. The third-order valence-corrected chi connectivity index (χ3v) is 6.22. The van der Waals surface area contributed by atoms with E-state index in [9.17, 15) is 14.4 Å². The van der Waals surface area contributed by atoms with Crippen molar-refractivity contribution in [2.45, 2.75) is 51.5 Å². The van der Waals surface area contributed by atoms with Gasteiger partial charge in [-0.25, -0.2) is 14.4 Å². The molecule has 1 aliphatic carbocycles. The highest BCUT2D eigenvalue weighted by Crippen LogP contribution is 2.31. The molecule has 2 aliphatic rings. The van der Waals surface area contributed by atoms with Crippen LogP contribution < -0.4 is 15.4 Å². The van der Waals surface area contributed by atoms with E-state index in [1.165, 1.54) is 25.5 Å². The van der Waals surface area contributed by atoms with E-state index in [0.717, 1.165) is 12.8 Å². The molecule has 34 heavy (non-hydrogen) atoms. The zero-order chi connectivity index (χ0) is 23.9. The first-order valence-electron chi connectivity index (χ1n) is 11.7. The van der Waals surface area contributed by atoms with Crippen LogP contribution in [0.25, 0.3) is 0 Å². The first kappa shape index (κ1) is 23.5. The van der Waals surface area contributed by atoms with Crippen molar-refractivity contribution in [3.05, 3.63) is 71.2 Å². The summed E-state index contributed by atoms with van der Waals surface area (Å²) in [6, 6.07) is 8.96. The molecule has 0 bridgehead atoms. The number of aromatic nitrogens is 1. The fourth-order valence-corrected chi connectivity index (χ4v) is 4.39. The van der Waals surface area contributed by atoms with Crippen molar-refractivity contribution in [2.75, 3.05) is 6.61 Å². The SMILES string of the molecule is CCC1=C(C(=O)OCC2CCCCC2)[C@H](c2ccc(OC(=O)c3cccnc3)cc2)NC(=O)N1. The van der Waals surface area contributed by atoms with E-state index < -0.39 is 18.0 Å². The number of hydrogen-bond acceptors (Lipinski definition) is 6. The summed E-state index contributed by atoms with van der Waals surface area (Å²) in [7, 11) is 0. The third-order valence-electron chi connectivity index (χ3n) is 6.22. The van der Waals surface area contributed by atoms with Gasteiger partial charge < -0.3 is 20.1 Å². The Morgan fingerprint density at radius 2 is 1.82 bits per heavy atom. The molecule has 0 spiro atoms. The van der Waals surface area contributed by atoms with Gasteiger partial charge in [0.05, 0.1) is 23.8 Å². The lowest BCUT2D eigenvalue weighted by molar-refractivity contribution is -0.141. The number of benzene rings is 1. The molecular formula is C26H29N3O5. The molecule has 2 amide bonds. The maximum Gasteiger partial charge on any atom is 0.345 e. The summed E-state index contributed by atoms with van der Waals surface area (Å²) in [6.45, 7) is 2.27. The molecule has 8 heteroatoms. The van der Waals surface area contributed by atoms with E-state index >= 15 is 0 Å². The lowest BCUT2D eigenvalue weighted by atomic mass is 9.90. The molecule has 1 saturated carbocycles. The van der Waals surface area contributed by atoms with Gasteiger partial charge in [-0.1, -0.05) is 38.3 Å². The molecule has 1 fully saturated rings. The molecule has 2 aromatic rings. The third kappa shape index (κ3) is 5.62. The Bertz CT molecular complexity index is 1060. The van der Waals surface area contributed by atoms with Crippen molar-refractivity contribution >= 4 is 18.0 Å². The van der Waals surface area contributed by atoms with Gasteiger partial charge in [-0.3, -0.25) is 4.98 Å². The van der Waals surface area contributed by atoms with Crippen LogP contribution in [0.5, 0.6) is 5.75 Å². The fourth-order valence-electron chi connectivity index (χ4n) is 4.39. The summed E-state index contributed by atoms with van der Waals surface area (Å²) < 4.78 is 11.1. The minimum Gasteiger partial charge on any atom is -0.462 e. The lowest BCUT2D eigenvalue weighted by Crippen LogP contribution is -2.46. The zero-order valence-electron chi connectivity index (χ0n) is 19.2. The van der Waals surface area contributed by atoms with Gasteiger partial charge in [0.2, 0.25) is 0 Å². The predicted octanol–water partition coefficient (Wildman–Crippen LogP) is 4.44. The van der Waals surface area contributed by atoms with Crippen molar-refractivity contribution in [3.8, 4) is 5.75 Å². The number of amides is 2. The number of nitrogens with zero attached hydrogens (tertiary/aromatic N) is 1. The fraction of sp³-hybridized carbons (Fsp3) is 0.385. The summed E-state index contributed by atoms with van der Waals surface area (Å²) in [6.07, 6.45) is 9.22. The molecule has 1 aromatic heterocycles. The van der Waals surface area contributed by atoms with E-state index in [0.29, 0.717) is 47.1 Å². The van der Waals surface area contributed by atoms with Crippen molar-refractivity contribution in [3.63, 3.8) is 0 Å². The van der Waals surface area contributed by atoms with Gasteiger partial charge in [-0.05, 0) is 55.0 Å². The molecule has 1 aliphatic heterocycles. The van der Waals surface area contributed by atoms with Crippen LogP contribution in [0.4, 0.5) is 4.79 Å². The minimum absolute atomic E-state index is 0.343. The highest BCUT2D eigenvalue weighted by molar-refractivity contribution is 5.95. The molecule has 4 rings (SSSR count). The van der Waals surface area contributed by atoms with Crippen LogP contribution in [0.1, 0.15) is 67.4 Å². The Morgan fingerprint density at radius 1 is 1.06 bits per heavy atom. The maximum atomic E-state index is 13.1. The highest BCUT2D eigenvalue weighted by atomic mass is 16.5. The van der Waals surface area contributed by atoms with E-state index in [-0.39, 0.29) is 6.03 Å². The smallest absolute Gasteiger partial charge is 0.345 e.